The van der Waals surface area contributed by atoms with Crippen LogP contribution >= 0.6 is 11.3 Å². The van der Waals surface area contributed by atoms with Crippen molar-refractivity contribution in [3.63, 3.8) is 0 Å². The summed E-state index contributed by atoms with van der Waals surface area (Å²) in [5.41, 5.74) is -0.0588. The van der Waals surface area contributed by atoms with Crippen LogP contribution < -0.4 is 5.32 Å². The highest BCUT2D eigenvalue weighted by Gasteiger charge is 2.24. The number of esters is 1. The fourth-order valence-corrected chi connectivity index (χ4v) is 4.11. The van der Waals surface area contributed by atoms with E-state index in [1.54, 1.807) is 23.6 Å². The number of thiazole rings is 1. The molecular weight excluding hydrogens is 352 g/mol. The Morgan fingerprint density at radius 3 is 2.46 bits per heavy atom. The molecule has 0 aromatic carbocycles. The highest BCUT2D eigenvalue weighted by Crippen LogP contribution is 2.33. The first-order valence-electron chi connectivity index (χ1n) is 9.40. The Morgan fingerprint density at radius 2 is 1.88 bits per heavy atom. The van der Waals surface area contributed by atoms with E-state index >= 15 is 0 Å². The lowest BCUT2D eigenvalue weighted by molar-refractivity contribution is 0.0492. The zero-order chi connectivity index (χ0) is 19.2. The highest BCUT2D eigenvalue weighted by atomic mass is 32.1. The predicted molar refractivity (Wildman–Crippen MR) is 102 cm³/mol. The average Bonchev–Trinajstić information content (AvgIpc) is 2.98. The Hall–Kier alpha value is -1.63. The maximum Gasteiger partial charge on any atom is 0.407 e. The third-order valence-corrected chi connectivity index (χ3v) is 5.29. The maximum absolute atomic E-state index is 11.9. The second-order valence-corrected chi connectivity index (χ2v) is 8.58. The van der Waals surface area contributed by atoms with E-state index < -0.39 is 5.60 Å². The van der Waals surface area contributed by atoms with Crippen LogP contribution in [0.5, 0.6) is 0 Å². The fourth-order valence-electron chi connectivity index (χ4n) is 3.15. The Balaban J connectivity index is 1.84. The molecule has 1 aromatic rings. The number of nitrogens with one attached hydrogen (secondary N) is 1. The van der Waals surface area contributed by atoms with Crippen LogP contribution in [0.2, 0.25) is 0 Å². The Labute approximate surface area is 159 Å². The van der Waals surface area contributed by atoms with Crippen molar-refractivity contribution in [2.75, 3.05) is 6.61 Å². The maximum atomic E-state index is 11.9. The second-order valence-electron chi connectivity index (χ2n) is 7.69. The lowest BCUT2D eigenvalue weighted by Gasteiger charge is -2.26. The van der Waals surface area contributed by atoms with E-state index in [9.17, 15) is 9.59 Å². The van der Waals surface area contributed by atoms with Gasteiger partial charge in [0.15, 0.2) is 5.69 Å². The third-order valence-electron chi connectivity index (χ3n) is 4.29. The van der Waals surface area contributed by atoms with Crippen molar-refractivity contribution in [3.05, 3.63) is 16.1 Å². The molecule has 2 rings (SSSR count). The van der Waals surface area contributed by atoms with Gasteiger partial charge in [-0.25, -0.2) is 14.6 Å². The average molecular weight is 383 g/mol. The van der Waals surface area contributed by atoms with Gasteiger partial charge < -0.3 is 14.8 Å². The second kappa shape index (κ2) is 9.35. The van der Waals surface area contributed by atoms with E-state index in [0.717, 1.165) is 43.5 Å². The molecule has 0 unspecified atom stereocenters. The van der Waals surface area contributed by atoms with E-state index in [1.165, 1.54) is 0 Å². The van der Waals surface area contributed by atoms with Crippen molar-refractivity contribution in [3.8, 4) is 0 Å². The van der Waals surface area contributed by atoms with Crippen LogP contribution in [0.3, 0.4) is 0 Å². The van der Waals surface area contributed by atoms with E-state index in [-0.39, 0.29) is 18.1 Å². The molecule has 0 spiro atoms. The van der Waals surface area contributed by atoms with Gasteiger partial charge in [-0.15, -0.1) is 11.3 Å². The molecular formula is C19H30N2O4S. The minimum Gasteiger partial charge on any atom is -0.461 e. The quantitative estimate of drug-likeness (QED) is 0.767. The summed E-state index contributed by atoms with van der Waals surface area (Å²) >= 11 is 1.54. The lowest BCUT2D eigenvalue weighted by atomic mass is 9.89. The first-order valence-corrected chi connectivity index (χ1v) is 10.3. The molecule has 1 aromatic heterocycles. The first-order chi connectivity index (χ1) is 12.3. The van der Waals surface area contributed by atoms with Crippen LogP contribution in [0.4, 0.5) is 4.79 Å². The van der Waals surface area contributed by atoms with Crippen molar-refractivity contribution in [1.29, 1.82) is 0 Å². The summed E-state index contributed by atoms with van der Waals surface area (Å²) in [4.78, 5) is 28.2. The monoisotopic (exact) mass is 382 g/mol. The van der Waals surface area contributed by atoms with E-state index in [1.807, 2.05) is 20.8 Å². The van der Waals surface area contributed by atoms with Crippen molar-refractivity contribution < 1.29 is 19.1 Å². The number of carbonyl (C=O) groups excluding carboxylic acids is 2. The molecule has 1 aliphatic carbocycles. The predicted octanol–water partition coefficient (Wildman–Crippen LogP) is 4.65. The smallest absolute Gasteiger partial charge is 0.407 e. The Morgan fingerprint density at radius 1 is 1.23 bits per heavy atom. The number of amides is 1. The molecule has 0 atom stereocenters. The Kier molecular flexibility index (Phi) is 7.43. The van der Waals surface area contributed by atoms with Gasteiger partial charge in [0.25, 0.3) is 0 Å². The summed E-state index contributed by atoms with van der Waals surface area (Å²) < 4.78 is 10.4. The van der Waals surface area contributed by atoms with E-state index in [0.29, 0.717) is 18.2 Å². The minimum absolute atomic E-state index is 0.164. The summed E-state index contributed by atoms with van der Waals surface area (Å²) in [5.74, 6) is 0.0353. The molecule has 6 nitrogen and oxygen atoms in total. The van der Waals surface area contributed by atoms with Crippen LogP contribution in [0.1, 0.15) is 87.6 Å². The summed E-state index contributed by atoms with van der Waals surface area (Å²) in [6.45, 7) is 7.76. The topological polar surface area (TPSA) is 77.5 Å². The summed E-state index contributed by atoms with van der Waals surface area (Å²) in [6.07, 6.45) is 5.60. The number of aromatic nitrogens is 1. The molecule has 146 valence electrons. The fraction of sp³-hybridized carbons (Fsp3) is 0.737. The van der Waals surface area contributed by atoms with Crippen molar-refractivity contribution in [1.82, 2.24) is 10.3 Å². The molecule has 0 aliphatic heterocycles. The van der Waals surface area contributed by atoms with E-state index in [2.05, 4.69) is 10.3 Å². The van der Waals surface area contributed by atoms with Crippen LogP contribution in [0, 0.1) is 0 Å². The van der Waals surface area contributed by atoms with Crippen molar-refractivity contribution in [2.45, 2.75) is 83.8 Å². The lowest BCUT2D eigenvalue weighted by Crippen LogP contribution is -2.39. The molecule has 0 radical (unpaired) electrons. The number of carbonyl (C=O) groups is 2. The van der Waals surface area contributed by atoms with E-state index in [4.69, 9.17) is 9.47 Å². The number of nitrogens with zero attached hydrogens (tertiary/aromatic N) is 1. The summed E-state index contributed by atoms with van der Waals surface area (Å²) in [5, 5.41) is 5.81. The van der Waals surface area contributed by atoms with Gasteiger partial charge in [0, 0.05) is 17.3 Å². The number of rotatable bonds is 4. The molecule has 0 bridgehead atoms. The number of hydrogen-bond donors (Lipinski definition) is 1. The zero-order valence-corrected chi connectivity index (χ0v) is 17.0. The van der Waals surface area contributed by atoms with Gasteiger partial charge in [-0.2, -0.15) is 0 Å². The number of hydrogen-bond acceptors (Lipinski definition) is 6. The Bertz CT molecular complexity index is 599. The summed E-state index contributed by atoms with van der Waals surface area (Å²) in [7, 11) is 0. The van der Waals surface area contributed by atoms with Crippen LogP contribution in [-0.2, 0) is 9.47 Å². The zero-order valence-electron chi connectivity index (χ0n) is 16.2. The first kappa shape index (κ1) is 20.7. The van der Waals surface area contributed by atoms with Crippen LogP contribution in [-0.4, -0.2) is 35.3 Å². The SMILES string of the molecule is CCOC(=O)c1csc(C2CCCC(NC(=O)OC(C)(C)C)CCC2)n1. The largest absolute Gasteiger partial charge is 0.461 e. The van der Waals surface area contributed by atoms with Crippen molar-refractivity contribution in [2.24, 2.45) is 0 Å². The molecule has 7 heteroatoms. The van der Waals surface area contributed by atoms with Crippen LogP contribution in [0.25, 0.3) is 0 Å². The molecule has 1 N–H and O–H groups in total. The standard InChI is InChI=1S/C19H30N2O4S/c1-5-24-17(22)15-12-26-16(21-15)13-8-6-10-14(11-7-9-13)20-18(23)25-19(2,3)4/h12-14H,5-11H2,1-4H3,(H,20,23). The molecule has 1 saturated carbocycles. The number of alkyl carbamates (subject to hydrolysis) is 1. The van der Waals surface area contributed by atoms with Gasteiger partial charge in [0.05, 0.1) is 11.6 Å². The molecule has 1 amide bonds. The molecule has 1 heterocycles. The highest BCUT2D eigenvalue weighted by molar-refractivity contribution is 7.09. The van der Waals surface area contributed by atoms with Gasteiger partial charge in [0.1, 0.15) is 5.60 Å². The van der Waals surface area contributed by atoms with Gasteiger partial charge in [-0.1, -0.05) is 12.8 Å². The molecule has 0 saturated heterocycles. The normalized spacial score (nSPS) is 21.4. The van der Waals surface area contributed by atoms with Crippen LogP contribution in [0.15, 0.2) is 5.38 Å². The molecule has 26 heavy (non-hydrogen) atoms. The van der Waals surface area contributed by atoms with Gasteiger partial charge >= 0.3 is 12.1 Å². The minimum atomic E-state index is -0.474. The number of ether oxygens (including phenoxy) is 2. The van der Waals surface area contributed by atoms with Crippen molar-refractivity contribution >= 4 is 23.4 Å². The third kappa shape index (κ3) is 6.59. The summed E-state index contributed by atoms with van der Waals surface area (Å²) in [6, 6.07) is 0.164. The molecule has 1 aliphatic rings. The van der Waals surface area contributed by atoms with Gasteiger partial charge in [-0.3, -0.25) is 0 Å². The van der Waals surface area contributed by atoms with Gasteiger partial charge in [-0.05, 0) is 53.4 Å². The van der Waals surface area contributed by atoms with Gasteiger partial charge in [0.2, 0.25) is 0 Å². The molecule has 1 fully saturated rings.